The van der Waals surface area contributed by atoms with Crippen molar-refractivity contribution in [2.45, 2.75) is 12.2 Å². The summed E-state index contributed by atoms with van der Waals surface area (Å²) in [6.07, 6.45) is -2.62. The van der Waals surface area contributed by atoms with Crippen molar-refractivity contribution in [2.75, 3.05) is 7.11 Å². The number of carbonyl (C=O) groups is 1. The summed E-state index contributed by atoms with van der Waals surface area (Å²) in [5, 5.41) is 19.0. The first-order chi connectivity index (χ1) is 10.1. The van der Waals surface area contributed by atoms with E-state index in [1.165, 1.54) is 7.11 Å². The number of carboxylic acid groups (broad SMARTS) is 1. The highest BCUT2D eigenvalue weighted by atomic mass is 16.5. The van der Waals surface area contributed by atoms with Crippen molar-refractivity contribution in [3.05, 3.63) is 48.0 Å². The lowest BCUT2D eigenvalue weighted by Crippen LogP contribution is -2.33. The van der Waals surface area contributed by atoms with Crippen molar-refractivity contribution in [2.24, 2.45) is 0 Å². The minimum Gasteiger partial charge on any atom is -0.497 e. The van der Waals surface area contributed by atoms with Crippen molar-refractivity contribution in [3.63, 3.8) is 0 Å². The number of aliphatic hydroxyl groups excluding tert-OH is 1. The molecule has 3 rings (SSSR count). The largest absolute Gasteiger partial charge is 0.497 e. The van der Waals surface area contributed by atoms with E-state index in [0.717, 1.165) is 11.1 Å². The van der Waals surface area contributed by atoms with Crippen molar-refractivity contribution < 1.29 is 24.5 Å². The number of fused-ring (bicyclic) bond motifs is 3. The molecular formula is C16H14O5. The third kappa shape index (κ3) is 2.21. The van der Waals surface area contributed by atoms with Gasteiger partial charge in [0.05, 0.1) is 7.11 Å². The van der Waals surface area contributed by atoms with E-state index in [0.29, 0.717) is 17.1 Å². The lowest BCUT2D eigenvalue weighted by molar-refractivity contribution is -0.152. The zero-order valence-corrected chi connectivity index (χ0v) is 11.3. The lowest BCUT2D eigenvalue weighted by Gasteiger charge is -2.30. The average molecular weight is 286 g/mol. The molecule has 0 saturated carbocycles. The van der Waals surface area contributed by atoms with Gasteiger partial charge < -0.3 is 19.7 Å². The van der Waals surface area contributed by atoms with Crippen LogP contribution in [0.1, 0.15) is 11.7 Å². The third-order valence-corrected chi connectivity index (χ3v) is 3.54. The van der Waals surface area contributed by atoms with Crippen LogP contribution in [-0.2, 0) is 4.79 Å². The first kappa shape index (κ1) is 13.5. The van der Waals surface area contributed by atoms with E-state index in [4.69, 9.17) is 14.6 Å². The molecule has 2 atom stereocenters. The molecule has 2 N–H and O–H groups in total. The van der Waals surface area contributed by atoms with Gasteiger partial charge in [0.2, 0.25) is 0 Å². The number of hydrogen-bond donors (Lipinski definition) is 2. The van der Waals surface area contributed by atoms with E-state index in [2.05, 4.69) is 0 Å². The molecule has 1 aliphatic rings. The van der Waals surface area contributed by atoms with Gasteiger partial charge in [0.15, 0.2) is 12.2 Å². The second kappa shape index (κ2) is 5.10. The fourth-order valence-electron chi connectivity index (χ4n) is 2.50. The number of methoxy groups -OCH3 is 1. The number of aliphatic hydroxyl groups is 1. The van der Waals surface area contributed by atoms with Crippen LogP contribution in [-0.4, -0.2) is 29.4 Å². The van der Waals surface area contributed by atoms with Crippen LogP contribution in [0.25, 0.3) is 11.1 Å². The Bertz CT molecular complexity index is 695. The Morgan fingerprint density at radius 1 is 1.24 bits per heavy atom. The summed E-state index contributed by atoms with van der Waals surface area (Å²) in [4.78, 5) is 11.1. The Kier molecular flexibility index (Phi) is 3.27. The van der Waals surface area contributed by atoms with Gasteiger partial charge in [-0.3, -0.25) is 0 Å². The number of benzene rings is 2. The van der Waals surface area contributed by atoms with Gasteiger partial charge in [0.1, 0.15) is 11.5 Å². The highest BCUT2D eigenvalue weighted by Gasteiger charge is 2.35. The van der Waals surface area contributed by atoms with E-state index in [9.17, 15) is 9.90 Å². The summed E-state index contributed by atoms with van der Waals surface area (Å²) < 4.78 is 10.9. The van der Waals surface area contributed by atoms with Crippen LogP contribution in [0.3, 0.4) is 0 Å². The molecule has 0 amide bonds. The number of hydrogen-bond acceptors (Lipinski definition) is 4. The minimum atomic E-state index is -1.65. The van der Waals surface area contributed by atoms with Crippen LogP contribution < -0.4 is 9.47 Å². The van der Waals surface area contributed by atoms with Gasteiger partial charge in [-0.1, -0.05) is 24.3 Å². The molecule has 2 aromatic carbocycles. The van der Waals surface area contributed by atoms with Crippen molar-refractivity contribution in [3.8, 4) is 22.6 Å². The summed E-state index contributed by atoms with van der Waals surface area (Å²) in [6.45, 7) is 0. The Morgan fingerprint density at radius 3 is 2.71 bits per heavy atom. The summed E-state index contributed by atoms with van der Waals surface area (Å²) >= 11 is 0. The van der Waals surface area contributed by atoms with Gasteiger partial charge in [-0.25, -0.2) is 4.79 Å². The fourth-order valence-corrected chi connectivity index (χ4v) is 2.50. The molecule has 0 saturated heterocycles. The standard InChI is InChI=1S/C16H14O5/c1-20-9-6-7-10-11-4-2-3-5-13(11)21-15(12(10)8-9)14(17)16(18)19/h2-8,14-15,17H,1H3,(H,18,19). The van der Waals surface area contributed by atoms with Gasteiger partial charge >= 0.3 is 5.97 Å². The summed E-state index contributed by atoms with van der Waals surface area (Å²) in [5.74, 6) is -0.187. The smallest absolute Gasteiger partial charge is 0.336 e. The Labute approximate surface area is 121 Å². The molecule has 2 unspecified atom stereocenters. The van der Waals surface area contributed by atoms with Gasteiger partial charge in [0.25, 0.3) is 0 Å². The molecule has 0 radical (unpaired) electrons. The zero-order chi connectivity index (χ0) is 15.0. The SMILES string of the molecule is COc1ccc2c(c1)C(C(O)C(=O)O)Oc1ccccc1-2. The molecular weight excluding hydrogens is 272 g/mol. The van der Waals surface area contributed by atoms with E-state index in [1.54, 1.807) is 24.3 Å². The summed E-state index contributed by atoms with van der Waals surface area (Å²) in [5.41, 5.74) is 2.30. The maximum atomic E-state index is 11.1. The van der Waals surface area contributed by atoms with E-state index in [-0.39, 0.29) is 0 Å². The first-order valence-electron chi connectivity index (χ1n) is 6.46. The maximum Gasteiger partial charge on any atom is 0.336 e. The van der Waals surface area contributed by atoms with Crippen LogP contribution in [0.5, 0.6) is 11.5 Å². The van der Waals surface area contributed by atoms with E-state index >= 15 is 0 Å². The van der Waals surface area contributed by atoms with Crippen LogP contribution in [0, 0.1) is 0 Å². The summed E-state index contributed by atoms with van der Waals surface area (Å²) in [6, 6.07) is 12.7. The zero-order valence-electron chi connectivity index (χ0n) is 11.3. The molecule has 0 bridgehead atoms. The van der Waals surface area contributed by atoms with Gasteiger partial charge in [0, 0.05) is 11.1 Å². The monoisotopic (exact) mass is 286 g/mol. The molecule has 0 aromatic heterocycles. The van der Waals surface area contributed by atoms with Crippen molar-refractivity contribution >= 4 is 5.97 Å². The van der Waals surface area contributed by atoms with Crippen LogP contribution in [0.15, 0.2) is 42.5 Å². The topological polar surface area (TPSA) is 76.0 Å². The molecule has 5 heteroatoms. The van der Waals surface area contributed by atoms with Crippen LogP contribution >= 0.6 is 0 Å². The fraction of sp³-hybridized carbons (Fsp3) is 0.188. The number of para-hydroxylation sites is 1. The second-order valence-electron chi connectivity index (χ2n) is 4.77. The van der Waals surface area contributed by atoms with Gasteiger partial charge in [-0.15, -0.1) is 0 Å². The van der Waals surface area contributed by atoms with E-state index < -0.39 is 18.2 Å². The number of carboxylic acids is 1. The van der Waals surface area contributed by atoms with Crippen LogP contribution in [0.4, 0.5) is 0 Å². The normalized spacial score (nSPS) is 17.1. The molecule has 21 heavy (non-hydrogen) atoms. The van der Waals surface area contributed by atoms with Crippen molar-refractivity contribution in [1.29, 1.82) is 0 Å². The number of rotatable bonds is 3. The maximum absolute atomic E-state index is 11.1. The molecule has 2 aromatic rings. The van der Waals surface area contributed by atoms with E-state index in [1.807, 2.05) is 18.2 Å². The third-order valence-electron chi connectivity index (χ3n) is 3.54. The predicted octanol–water partition coefficient (Wildman–Crippen LogP) is 2.24. The van der Waals surface area contributed by atoms with Crippen LogP contribution in [0.2, 0.25) is 0 Å². The lowest BCUT2D eigenvalue weighted by atomic mass is 9.90. The first-order valence-corrected chi connectivity index (χ1v) is 6.46. The highest BCUT2D eigenvalue weighted by Crippen LogP contribution is 2.44. The number of ether oxygens (including phenoxy) is 2. The predicted molar refractivity (Wildman–Crippen MR) is 75.4 cm³/mol. The molecule has 0 spiro atoms. The number of aliphatic carboxylic acids is 1. The molecule has 0 fully saturated rings. The molecule has 1 aliphatic heterocycles. The summed E-state index contributed by atoms with van der Waals surface area (Å²) in [7, 11) is 1.53. The molecule has 5 nitrogen and oxygen atoms in total. The molecule has 1 heterocycles. The molecule has 108 valence electrons. The van der Waals surface area contributed by atoms with Crippen molar-refractivity contribution in [1.82, 2.24) is 0 Å². The van der Waals surface area contributed by atoms with Gasteiger partial charge in [-0.05, 0) is 23.8 Å². The Morgan fingerprint density at radius 2 is 2.00 bits per heavy atom. The quantitative estimate of drug-likeness (QED) is 0.905. The Hall–Kier alpha value is -2.53. The highest BCUT2D eigenvalue weighted by molar-refractivity contribution is 5.79. The average Bonchev–Trinajstić information content (AvgIpc) is 2.52. The van der Waals surface area contributed by atoms with Gasteiger partial charge in [-0.2, -0.15) is 0 Å². The second-order valence-corrected chi connectivity index (χ2v) is 4.77. The Balaban J connectivity index is 2.18. The molecule has 0 aliphatic carbocycles. The minimum absolute atomic E-state index is 0.556.